The van der Waals surface area contributed by atoms with Crippen molar-refractivity contribution >= 4 is 17.9 Å². The van der Waals surface area contributed by atoms with Gasteiger partial charge in [-0.15, -0.1) is 0 Å². The Hall–Kier alpha value is -2.19. The van der Waals surface area contributed by atoms with E-state index in [1.165, 1.54) is 6.92 Å². The highest BCUT2D eigenvalue weighted by molar-refractivity contribution is 5.88. The molecule has 2 saturated heterocycles. The molecule has 0 aromatic rings. The summed E-state index contributed by atoms with van der Waals surface area (Å²) in [5, 5.41) is 9.21. The van der Waals surface area contributed by atoms with Gasteiger partial charge in [0.1, 0.15) is 30.8 Å². The van der Waals surface area contributed by atoms with Crippen molar-refractivity contribution in [3.63, 3.8) is 0 Å². The lowest BCUT2D eigenvalue weighted by molar-refractivity contribution is -0.153. The number of esters is 3. The number of aliphatic hydroxyl groups excluding tert-OH is 1. The predicted octanol–water partition coefficient (Wildman–Crippen LogP) is 1.46. The normalized spacial score (nSPS) is 37.9. The van der Waals surface area contributed by atoms with Crippen LogP contribution >= 0.6 is 0 Å². The molecule has 2 unspecified atom stereocenters. The van der Waals surface area contributed by atoms with Gasteiger partial charge in [-0.1, -0.05) is 18.2 Å². The SMILES string of the molecule is C=C(CO)C(=O)OC1C/C(C)=C\CC[C@@]2(C)O[C@@H]2[C@H]2OC(=O)C(COC(C)=O)[C@H]12. The molecule has 0 spiro atoms. The molecule has 160 valence electrons. The van der Waals surface area contributed by atoms with Crippen molar-refractivity contribution in [1.29, 1.82) is 0 Å². The molecule has 0 saturated carbocycles. The van der Waals surface area contributed by atoms with Gasteiger partial charge in [-0.05, 0) is 26.7 Å². The Morgan fingerprint density at radius 2 is 2.14 bits per heavy atom. The van der Waals surface area contributed by atoms with Crippen LogP contribution in [0.25, 0.3) is 0 Å². The molecular weight excluding hydrogens is 380 g/mol. The lowest BCUT2D eigenvalue weighted by Crippen LogP contribution is -2.42. The standard InChI is InChI=1S/C21H28O8/c1-11-6-5-7-21(4)18(29-21)17-16(14(20(25)28-17)10-26-13(3)23)15(8-11)27-19(24)12(2)9-22/h6,14-18,22H,2,5,7-10H2,1,3-4H3/b11-6-/t14?,15?,16-,17+,18-,21-/m1/s1. The van der Waals surface area contributed by atoms with Gasteiger partial charge in [0.25, 0.3) is 0 Å². The maximum absolute atomic E-state index is 12.6. The first-order valence-corrected chi connectivity index (χ1v) is 9.83. The number of carbonyl (C=O) groups excluding carboxylic acids is 3. The summed E-state index contributed by atoms with van der Waals surface area (Å²) < 4.78 is 22.4. The van der Waals surface area contributed by atoms with Gasteiger partial charge in [-0.2, -0.15) is 0 Å². The van der Waals surface area contributed by atoms with Gasteiger partial charge in [-0.3, -0.25) is 9.59 Å². The van der Waals surface area contributed by atoms with E-state index in [0.717, 1.165) is 18.4 Å². The minimum atomic E-state index is -0.773. The molecule has 2 heterocycles. The van der Waals surface area contributed by atoms with E-state index in [4.69, 9.17) is 18.9 Å². The van der Waals surface area contributed by atoms with Crippen LogP contribution in [-0.2, 0) is 33.3 Å². The molecule has 8 nitrogen and oxygen atoms in total. The zero-order chi connectivity index (χ0) is 21.3. The summed E-state index contributed by atoms with van der Waals surface area (Å²) in [5.74, 6) is -3.06. The van der Waals surface area contributed by atoms with Crippen LogP contribution in [0.15, 0.2) is 23.8 Å². The highest BCUT2D eigenvalue weighted by Gasteiger charge is 2.64. The molecule has 0 aromatic carbocycles. The second kappa shape index (κ2) is 8.28. The Kier molecular flexibility index (Phi) is 6.14. The van der Waals surface area contributed by atoms with E-state index < -0.39 is 54.2 Å². The first-order chi connectivity index (χ1) is 13.7. The summed E-state index contributed by atoms with van der Waals surface area (Å²) in [7, 11) is 0. The minimum absolute atomic E-state index is 0.0745. The molecule has 1 aliphatic carbocycles. The predicted molar refractivity (Wildman–Crippen MR) is 100 cm³/mol. The number of hydrogen-bond acceptors (Lipinski definition) is 8. The van der Waals surface area contributed by atoms with E-state index in [1.54, 1.807) is 0 Å². The summed E-state index contributed by atoms with van der Waals surface area (Å²) in [4.78, 5) is 36.3. The van der Waals surface area contributed by atoms with E-state index >= 15 is 0 Å². The largest absolute Gasteiger partial charge is 0.465 e. The average Bonchev–Trinajstić information content (AvgIpc) is 3.20. The van der Waals surface area contributed by atoms with Crippen LogP contribution in [0.3, 0.4) is 0 Å². The van der Waals surface area contributed by atoms with Crippen molar-refractivity contribution in [3.05, 3.63) is 23.8 Å². The van der Waals surface area contributed by atoms with Crippen molar-refractivity contribution in [3.8, 4) is 0 Å². The maximum Gasteiger partial charge on any atom is 0.336 e. The van der Waals surface area contributed by atoms with Gasteiger partial charge in [0.05, 0.1) is 23.7 Å². The zero-order valence-electron chi connectivity index (χ0n) is 17.0. The number of epoxide rings is 1. The van der Waals surface area contributed by atoms with Crippen LogP contribution in [0.4, 0.5) is 0 Å². The molecule has 1 N–H and O–H groups in total. The molecule has 0 amide bonds. The maximum atomic E-state index is 12.6. The lowest BCUT2D eigenvalue weighted by atomic mass is 9.79. The molecule has 3 aliphatic rings. The van der Waals surface area contributed by atoms with Crippen LogP contribution in [-0.4, -0.2) is 60.1 Å². The van der Waals surface area contributed by atoms with E-state index in [2.05, 4.69) is 12.7 Å². The Labute approximate surface area is 169 Å². The number of rotatable bonds is 5. The second-order valence-electron chi connectivity index (χ2n) is 8.24. The molecule has 2 aliphatic heterocycles. The Bertz CT molecular complexity index is 741. The first-order valence-electron chi connectivity index (χ1n) is 9.83. The smallest absolute Gasteiger partial charge is 0.336 e. The van der Waals surface area contributed by atoms with Crippen LogP contribution < -0.4 is 0 Å². The molecule has 0 radical (unpaired) electrons. The topological polar surface area (TPSA) is 112 Å². The van der Waals surface area contributed by atoms with Crippen molar-refractivity contribution in [2.75, 3.05) is 13.2 Å². The highest BCUT2D eigenvalue weighted by atomic mass is 16.7. The van der Waals surface area contributed by atoms with Crippen molar-refractivity contribution < 1.29 is 38.4 Å². The number of allylic oxidation sites excluding steroid dienone is 1. The van der Waals surface area contributed by atoms with Crippen LogP contribution in [0.1, 0.15) is 40.0 Å². The monoisotopic (exact) mass is 408 g/mol. The number of carbonyl (C=O) groups is 3. The molecule has 0 bridgehead atoms. The summed E-state index contributed by atoms with van der Waals surface area (Å²) >= 11 is 0. The number of ether oxygens (including phenoxy) is 4. The highest BCUT2D eigenvalue weighted by Crippen LogP contribution is 2.50. The molecule has 0 aromatic heterocycles. The number of fused-ring (bicyclic) bond motifs is 3. The van der Waals surface area contributed by atoms with Gasteiger partial charge >= 0.3 is 17.9 Å². The first kappa shape index (κ1) is 21.5. The summed E-state index contributed by atoms with van der Waals surface area (Å²) in [6, 6.07) is 0. The fourth-order valence-corrected chi connectivity index (χ4v) is 4.23. The number of hydrogen-bond donors (Lipinski definition) is 1. The fraction of sp³-hybridized carbons (Fsp3) is 0.667. The summed E-state index contributed by atoms with van der Waals surface area (Å²) in [6.45, 7) is 8.01. The Morgan fingerprint density at radius 3 is 2.79 bits per heavy atom. The van der Waals surface area contributed by atoms with Gasteiger partial charge in [-0.25, -0.2) is 4.79 Å². The third kappa shape index (κ3) is 4.53. The van der Waals surface area contributed by atoms with Gasteiger partial charge in [0.2, 0.25) is 0 Å². The summed E-state index contributed by atoms with van der Waals surface area (Å²) in [5.41, 5.74) is 0.510. The van der Waals surface area contributed by atoms with Gasteiger partial charge < -0.3 is 24.1 Å². The zero-order valence-corrected chi connectivity index (χ0v) is 17.0. The third-order valence-corrected chi connectivity index (χ3v) is 5.93. The molecular formula is C21H28O8. The Balaban J connectivity index is 1.95. The second-order valence-corrected chi connectivity index (χ2v) is 8.24. The Morgan fingerprint density at radius 1 is 1.41 bits per heavy atom. The summed E-state index contributed by atoms with van der Waals surface area (Å²) in [6.07, 6.45) is 2.41. The fourth-order valence-electron chi connectivity index (χ4n) is 4.23. The third-order valence-electron chi connectivity index (χ3n) is 5.93. The van der Waals surface area contributed by atoms with Crippen molar-refractivity contribution in [1.82, 2.24) is 0 Å². The van der Waals surface area contributed by atoms with E-state index in [1.807, 2.05) is 13.8 Å². The van der Waals surface area contributed by atoms with Crippen LogP contribution in [0.2, 0.25) is 0 Å². The van der Waals surface area contributed by atoms with Gasteiger partial charge in [0.15, 0.2) is 0 Å². The molecule has 29 heavy (non-hydrogen) atoms. The van der Waals surface area contributed by atoms with Crippen molar-refractivity contribution in [2.24, 2.45) is 11.8 Å². The molecule has 2 fully saturated rings. The molecule has 6 atom stereocenters. The van der Waals surface area contributed by atoms with Crippen LogP contribution in [0.5, 0.6) is 0 Å². The lowest BCUT2D eigenvalue weighted by Gasteiger charge is -2.30. The van der Waals surface area contributed by atoms with Gasteiger partial charge in [0, 0.05) is 13.3 Å². The quantitative estimate of drug-likeness (QED) is 0.239. The van der Waals surface area contributed by atoms with E-state index in [9.17, 15) is 19.5 Å². The number of aliphatic hydroxyl groups is 1. The minimum Gasteiger partial charge on any atom is -0.465 e. The van der Waals surface area contributed by atoms with Crippen molar-refractivity contribution in [2.45, 2.75) is 63.9 Å². The molecule has 8 heteroatoms. The molecule has 3 rings (SSSR count). The van der Waals surface area contributed by atoms with E-state index in [-0.39, 0.29) is 18.3 Å². The average molecular weight is 408 g/mol. The van der Waals surface area contributed by atoms with E-state index in [0.29, 0.717) is 6.42 Å². The van der Waals surface area contributed by atoms with Crippen LogP contribution in [0, 0.1) is 11.8 Å².